The Bertz CT molecular complexity index is 392. The first-order valence-corrected chi connectivity index (χ1v) is 5.18. The van der Waals surface area contributed by atoms with E-state index in [1.165, 1.54) is 26.4 Å². The van der Waals surface area contributed by atoms with Gasteiger partial charge in [0.05, 0.1) is 14.2 Å². The summed E-state index contributed by atoms with van der Waals surface area (Å²) in [6, 6.07) is 2.75. The molecule has 1 aromatic carbocycles. The van der Waals surface area contributed by atoms with Crippen LogP contribution >= 0.6 is 0 Å². The van der Waals surface area contributed by atoms with Gasteiger partial charge in [-0.15, -0.1) is 0 Å². The summed E-state index contributed by atoms with van der Waals surface area (Å²) in [5.74, 6) is -2.41. The van der Waals surface area contributed by atoms with Crippen molar-refractivity contribution in [1.82, 2.24) is 0 Å². The summed E-state index contributed by atoms with van der Waals surface area (Å²) < 4.78 is 37.4. The highest BCUT2D eigenvalue weighted by Gasteiger charge is 2.33. The molecule has 0 aliphatic heterocycles. The van der Waals surface area contributed by atoms with Crippen LogP contribution < -0.4 is 9.47 Å². The highest BCUT2D eigenvalue weighted by molar-refractivity contribution is 5.48. The van der Waals surface area contributed by atoms with E-state index in [2.05, 4.69) is 0 Å². The minimum Gasteiger partial charge on any atom is -0.493 e. The summed E-state index contributed by atoms with van der Waals surface area (Å²) in [6.07, 6.45) is -0.608. The van der Waals surface area contributed by atoms with Crippen LogP contribution in [0, 0.1) is 6.92 Å². The zero-order chi connectivity index (χ0) is 13.1. The van der Waals surface area contributed by atoms with Gasteiger partial charge in [-0.1, -0.05) is 0 Å². The first-order valence-electron chi connectivity index (χ1n) is 5.18. The van der Waals surface area contributed by atoms with E-state index >= 15 is 0 Å². The van der Waals surface area contributed by atoms with Crippen LogP contribution in [0.15, 0.2) is 12.1 Å². The topological polar surface area (TPSA) is 38.7 Å². The van der Waals surface area contributed by atoms with Crippen molar-refractivity contribution in [1.29, 1.82) is 0 Å². The molecular weight excluding hydrogens is 230 g/mol. The van der Waals surface area contributed by atoms with E-state index in [4.69, 9.17) is 14.6 Å². The highest BCUT2D eigenvalue weighted by Crippen LogP contribution is 2.39. The lowest BCUT2D eigenvalue weighted by Crippen LogP contribution is -2.17. The third-order valence-corrected chi connectivity index (χ3v) is 2.55. The van der Waals surface area contributed by atoms with Crippen LogP contribution in [0.3, 0.4) is 0 Å². The number of hydrogen-bond acceptors (Lipinski definition) is 3. The van der Waals surface area contributed by atoms with Crippen molar-refractivity contribution in [3.8, 4) is 11.5 Å². The Kier molecular flexibility index (Phi) is 4.28. The molecule has 0 saturated carbocycles. The van der Waals surface area contributed by atoms with Gasteiger partial charge in [-0.2, -0.15) is 0 Å². The highest BCUT2D eigenvalue weighted by atomic mass is 19.3. The number of alkyl halides is 2. The molecule has 1 rings (SSSR count). The molecule has 0 spiro atoms. The molecular formula is C12H16F2O3. The van der Waals surface area contributed by atoms with E-state index in [9.17, 15) is 8.78 Å². The summed E-state index contributed by atoms with van der Waals surface area (Å²) >= 11 is 0. The molecule has 0 radical (unpaired) electrons. The van der Waals surface area contributed by atoms with Gasteiger partial charge in [0.2, 0.25) is 0 Å². The van der Waals surface area contributed by atoms with E-state index in [1.54, 1.807) is 6.92 Å². The van der Waals surface area contributed by atoms with Gasteiger partial charge in [0.1, 0.15) is 0 Å². The molecule has 5 heteroatoms. The molecule has 3 nitrogen and oxygen atoms in total. The number of aliphatic hydroxyl groups excluding tert-OH is 1. The number of ether oxygens (including phenoxy) is 2. The molecule has 1 aromatic rings. The normalized spacial score (nSPS) is 11.4. The number of halogens is 2. The number of methoxy groups -OCH3 is 2. The van der Waals surface area contributed by atoms with Gasteiger partial charge in [-0.3, -0.25) is 0 Å². The van der Waals surface area contributed by atoms with Gasteiger partial charge in [0, 0.05) is 18.6 Å². The minimum atomic E-state index is -3.07. The lowest BCUT2D eigenvalue weighted by Gasteiger charge is -2.20. The van der Waals surface area contributed by atoms with Crippen LogP contribution in [0.4, 0.5) is 8.78 Å². The van der Waals surface area contributed by atoms with Crippen LogP contribution in [0.2, 0.25) is 0 Å². The van der Waals surface area contributed by atoms with Gasteiger partial charge in [-0.05, 0) is 24.6 Å². The van der Waals surface area contributed by atoms with Crippen LogP contribution in [-0.2, 0) is 5.92 Å². The lowest BCUT2D eigenvalue weighted by atomic mass is 9.99. The summed E-state index contributed by atoms with van der Waals surface area (Å²) in [6.45, 7) is 1.00. The van der Waals surface area contributed by atoms with Crippen LogP contribution in [0.5, 0.6) is 11.5 Å². The molecule has 96 valence electrons. The van der Waals surface area contributed by atoms with Crippen molar-refractivity contribution in [2.24, 2.45) is 0 Å². The Morgan fingerprint density at radius 2 is 1.71 bits per heavy atom. The fourth-order valence-electron chi connectivity index (χ4n) is 1.65. The van der Waals surface area contributed by atoms with Gasteiger partial charge in [-0.25, -0.2) is 8.78 Å². The number of aliphatic hydroxyl groups is 1. The molecule has 0 unspecified atom stereocenters. The number of hydrogen-bond donors (Lipinski definition) is 1. The summed E-state index contributed by atoms with van der Waals surface area (Å²) in [5.41, 5.74) is 0.255. The maximum atomic E-state index is 13.7. The third kappa shape index (κ3) is 2.85. The molecule has 0 heterocycles. The fraction of sp³-hybridized carbons (Fsp3) is 0.500. The van der Waals surface area contributed by atoms with Crippen molar-refractivity contribution in [2.45, 2.75) is 19.3 Å². The largest absolute Gasteiger partial charge is 0.493 e. The smallest absolute Gasteiger partial charge is 0.275 e. The summed E-state index contributed by atoms with van der Waals surface area (Å²) in [4.78, 5) is 0. The average Bonchev–Trinajstić information content (AvgIpc) is 2.28. The zero-order valence-corrected chi connectivity index (χ0v) is 10.1. The first kappa shape index (κ1) is 13.7. The maximum Gasteiger partial charge on any atom is 0.275 e. The molecule has 0 amide bonds. The van der Waals surface area contributed by atoms with Crippen LogP contribution in [0.25, 0.3) is 0 Å². The Balaban J connectivity index is 3.25. The second-order valence-electron chi connectivity index (χ2n) is 3.70. The molecule has 0 fully saturated rings. The predicted octanol–water partition coefficient (Wildman–Crippen LogP) is 2.49. The van der Waals surface area contributed by atoms with E-state index in [0.717, 1.165) is 0 Å². The monoisotopic (exact) mass is 246 g/mol. The van der Waals surface area contributed by atoms with Crippen molar-refractivity contribution in [3.05, 3.63) is 23.3 Å². The Morgan fingerprint density at radius 3 is 2.18 bits per heavy atom. The molecule has 17 heavy (non-hydrogen) atoms. The fourth-order valence-corrected chi connectivity index (χ4v) is 1.65. The number of aryl methyl sites for hydroxylation is 1. The van der Waals surface area contributed by atoms with Gasteiger partial charge in [0.25, 0.3) is 5.92 Å². The molecule has 0 saturated heterocycles. The Hall–Kier alpha value is -1.36. The third-order valence-electron chi connectivity index (χ3n) is 2.55. The first-order chi connectivity index (χ1) is 7.96. The minimum absolute atomic E-state index is 0.149. The molecule has 0 aliphatic rings. The second-order valence-corrected chi connectivity index (χ2v) is 3.70. The quantitative estimate of drug-likeness (QED) is 0.867. The van der Waals surface area contributed by atoms with Crippen LogP contribution in [0.1, 0.15) is 17.5 Å². The van der Waals surface area contributed by atoms with E-state index in [0.29, 0.717) is 11.3 Å². The second kappa shape index (κ2) is 5.31. The zero-order valence-electron chi connectivity index (χ0n) is 10.1. The van der Waals surface area contributed by atoms with Gasteiger partial charge >= 0.3 is 0 Å². The Labute approximate surface area is 99.0 Å². The van der Waals surface area contributed by atoms with Crippen molar-refractivity contribution in [3.63, 3.8) is 0 Å². The Morgan fingerprint density at radius 1 is 1.18 bits per heavy atom. The van der Waals surface area contributed by atoms with Crippen molar-refractivity contribution < 1.29 is 23.4 Å². The average molecular weight is 246 g/mol. The molecule has 1 N–H and O–H groups in total. The molecule has 0 bridgehead atoms. The standard InChI is InChI=1S/C12H16F2O3/c1-8-6-10(16-2)11(17-3)7-9(8)12(13,14)4-5-15/h6-7,15H,4-5H2,1-3H3. The van der Waals surface area contributed by atoms with Gasteiger partial charge in [0.15, 0.2) is 11.5 Å². The number of rotatable bonds is 5. The molecule has 0 aromatic heterocycles. The maximum absolute atomic E-state index is 13.7. The van der Waals surface area contributed by atoms with Crippen molar-refractivity contribution >= 4 is 0 Å². The van der Waals surface area contributed by atoms with Crippen molar-refractivity contribution in [2.75, 3.05) is 20.8 Å². The van der Waals surface area contributed by atoms with E-state index < -0.39 is 19.0 Å². The molecule has 0 aliphatic carbocycles. The van der Waals surface area contributed by atoms with Gasteiger partial charge < -0.3 is 14.6 Å². The van der Waals surface area contributed by atoms with Crippen LogP contribution in [-0.4, -0.2) is 25.9 Å². The van der Waals surface area contributed by atoms with E-state index in [1.807, 2.05) is 0 Å². The predicted molar refractivity (Wildman–Crippen MR) is 59.9 cm³/mol. The number of benzene rings is 1. The SMILES string of the molecule is COc1cc(C)c(C(F)(F)CCO)cc1OC. The summed E-state index contributed by atoms with van der Waals surface area (Å²) in [7, 11) is 2.84. The van der Waals surface area contributed by atoms with E-state index in [-0.39, 0.29) is 11.3 Å². The lowest BCUT2D eigenvalue weighted by molar-refractivity contribution is -0.0276. The molecule has 0 atom stereocenters. The summed E-state index contributed by atoms with van der Waals surface area (Å²) in [5, 5.41) is 8.65.